The van der Waals surface area contributed by atoms with E-state index in [-0.39, 0.29) is 0 Å². The van der Waals surface area contributed by atoms with Crippen molar-refractivity contribution in [3.63, 3.8) is 0 Å². The van der Waals surface area contributed by atoms with Gasteiger partial charge in [-0.2, -0.15) is 0 Å². The molecule has 0 bridgehead atoms. The second kappa shape index (κ2) is 4.83. The molecule has 0 atom stereocenters. The molecule has 2 nitrogen and oxygen atoms in total. The van der Waals surface area contributed by atoms with E-state index < -0.39 is 0 Å². The number of thiazole rings is 1. The Morgan fingerprint density at radius 3 is 2.71 bits per heavy atom. The van der Waals surface area contributed by atoms with Crippen molar-refractivity contribution >= 4 is 38.3 Å². The average molecular weight is 267 g/mol. The lowest BCUT2D eigenvalue weighted by Gasteiger charge is -2.25. The van der Waals surface area contributed by atoms with Crippen molar-refractivity contribution < 1.29 is 0 Å². The Balaban J connectivity index is 1.72. The van der Waals surface area contributed by atoms with E-state index in [0.717, 1.165) is 36.3 Å². The molecule has 0 saturated heterocycles. The average Bonchev–Trinajstić information content (AvgIpc) is 2.74. The van der Waals surface area contributed by atoms with Crippen LogP contribution in [0.4, 0.5) is 5.13 Å². The van der Waals surface area contributed by atoms with Gasteiger partial charge in [-0.3, -0.25) is 0 Å². The van der Waals surface area contributed by atoms with Crippen LogP contribution in [0.5, 0.6) is 0 Å². The zero-order valence-electron chi connectivity index (χ0n) is 9.53. The number of para-hydroxylation sites is 1. The fourth-order valence-corrected chi connectivity index (χ4v) is 3.50. The third kappa shape index (κ3) is 2.55. The second-order valence-corrected chi connectivity index (χ2v) is 6.23. The standard InChI is InChI=1S/C13H15ClN2S/c14-9-5-7-10(8-6-9)15-13-16-11-3-1-2-4-12(11)17-13/h1-4,9-10H,5-8H2,(H,15,16). The van der Waals surface area contributed by atoms with Crippen molar-refractivity contribution in [1.82, 2.24) is 4.98 Å². The van der Waals surface area contributed by atoms with E-state index in [1.165, 1.54) is 4.70 Å². The molecule has 0 aliphatic heterocycles. The first-order valence-corrected chi connectivity index (χ1v) is 7.33. The van der Waals surface area contributed by atoms with Crippen LogP contribution in [-0.2, 0) is 0 Å². The summed E-state index contributed by atoms with van der Waals surface area (Å²) in [6.45, 7) is 0. The predicted octanol–water partition coefficient (Wildman–Crippen LogP) is 4.26. The van der Waals surface area contributed by atoms with Crippen LogP contribution in [0, 0.1) is 0 Å². The molecule has 17 heavy (non-hydrogen) atoms. The highest BCUT2D eigenvalue weighted by atomic mass is 35.5. The van der Waals surface area contributed by atoms with Gasteiger partial charge in [-0.1, -0.05) is 23.5 Å². The van der Waals surface area contributed by atoms with Crippen LogP contribution < -0.4 is 5.32 Å². The molecule has 1 fully saturated rings. The molecule has 2 aromatic rings. The Morgan fingerprint density at radius 2 is 1.94 bits per heavy atom. The van der Waals surface area contributed by atoms with Gasteiger partial charge in [0.1, 0.15) is 0 Å². The lowest BCUT2D eigenvalue weighted by atomic mass is 9.95. The van der Waals surface area contributed by atoms with Crippen molar-refractivity contribution in [3.05, 3.63) is 24.3 Å². The summed E-state index contributed by atoms with van der Waals surface area (Å²) in [6.07, 6.45) is 4.54. The maximum atomic E-state index is 6.11. The van der Waals surface area contributed by atoms with Gasteiger partial charge in [-0.15, -0.1) is 11.6 Å². The van der Waals surface area contributed by atoms with Crippen molar-refractivity contribution in [3.8, 4) is 0 Å². The summed E-state index contributed by atoms with van der Waals surface area (Å²) < 4.78 is 1.25. The smallest absolute Gasteiger partial charge is 0.184 e. The van der Waals surface area contributed by atoms with E-state index in [1.54, 1.807) is 11.3 Å². The maximum absolute atomic E-state index is 6.11. The fraction of sp³-hybridized carbons (Fsp3) is 0.462. The van der Waals surface area contributed by atoms with Gasteiger partial charge in [0.2, 0.25) is 0 Å². The summed E-state index contributed by atoms with van der Waals surface area (Å²) in [4.78, 5) is 4.60. The number of hydrogen-bond acceptors (Lipinski definition) is 3. The minimum absolute atomic E-state index is 0.378. The van der Waals surface area contributed by atoms with Crippen LogP contribution in [0.15, 0.2) is 24.3 Å². The largest absolute Gasteiger partial charge is 0.359 e. The molecule has 0 spiro atoms. The number of rotatable bonds is 2. The first-order valence-electron chi connectivity index (χ1n) is 6.07. The Kier molecular flexibility index (Phi) is 3.21. The Labute approximate surface area is 110 Å². The molecule has 0 unspecified atom stereocenters. The van der Waals surface area contributed by atoms with Crippen LogP contribution in [0.1, 0.15) is 25.7 Å². The number of anilines is 1. The lowest BCUT2D eigenvalue weighted by molar-refractivity contribution is 0.468. The van der Waals surface area contributed by atoms with Gasteiger partial charge >= 0.3 is 0 Å². The lowest BCUT2D eigenvalue weighted by Crippen LogP contribution is -2.26. The number of fused-ring (bicyclic) bond motifs is 1. The normalized spacial score (nSPS) is 25.0. The van der Waals surface area contributed by atoms with Gasteiger partial charge in [0.15, 0.2) is 5.13 Å². The molecular weight excluding hydrogens is 252 g/mol. The van der Waals surface area contributed by atoms with Gasteiger partial charge in [0.25, 0.3) is 0 Å². The molecule has 1 aromatic carbocycles. The number of nitrogens with one attached hydrogen (secondary N) is 1. The van der Waals surface area contributed by atoms with Gasteiger partial charge in [-0.05, 0) is 37.8 Å². The van der Waals surface area contributed by atoms with E-state index in [9.17, 15) is 0 Å². The second-order valence-electron chi connectivity index (χ2n) is 4.58. The van der Waals surface area contributed by atoms with Crippen LogP contribution in [0.3, 0.4) is 0 Å². The van der Waals surface area contributed by atoms with Crippen molar-refractivity contribution in [2.75, 3.05) is 5.32 Å². The fourth-order valence-electron chi connectivity index (χ4n) is 2.31. The van der Waals surface area contributed by atoms with Crippen LogP contribution in [0.2, 0.25) is 0 Å². The van der Waals surface area contributed by atoms with E-state index in [0.29, 0.717) is 11.4 Å². The molecule has 1 aliphatic carbocycles. The van der Waals surface area contributed by atoms with E-state index in [1.807, 2.05) is 6.07 Å². The van der Waals surface area contributed by atoms with Gasteiger partial charge in [0.05, 0.1) is 10.2 Å². The molecule has 1 N–H and O–H groups in total. The van der Waals surface area contributed by atoms with E-state index >= 15 is 0 Å². The zero-order chi connectivity index (χ0) is 11.7. The van der Waals surface area contributed by atoms with E-state index in [2.05, 4.69) is 28.5 Å². The predicted molar refractivity (Wildman–Crippen MR) is 75.1 cm³/mol. The number of aromatic nitrogens is 1. The highest BCUT2D eigenvalue weighted by Crippen LogP contribution is 2.29. The quantitative estimate of drug-likeness (QED) is 0.822. The minimum Gasteiger partial charge on any atom is -0.359 e. The number of alkyl halides is 1. The molecule has 3 rings (SSSR count). The summed E-state index contributed by atoms with van der Waals surface area (Å²) in [5, 5.41) is 4.96. The maximum Gasteiger partial charge on any atom is 0.184 e. The summed E-state index contributed by atoms with van der Waals surface area (Å²) in [6, 6.07) is 8.82. The molecule has 90 valence electrons. The van der Waals surface area contributed by atoms with E-state index in [4.69, 9.17) is 11.6 Å². The SMILES string of the molecule is ClC1CCC(Nc2nc3ccccc3s2)CC1. The van der Waals surface area contributed by atoms with Gasteiger partial charge < -0.3 is 5.32 Å². The molecule has 1 heterocycles. The monoisotopic (exact) mass is 266 g/mol. The number of benzene rings is 1. The summed E-state index contributed by atoms with van der Waals surface area (Å²) in [5.41, 5.74) is 1.09. The summed E-state index contributed by atoms with van der Waals surface area (Å²) in [5.74, 6) is 0. The first-order chi connectivity index (χ1) is 8.31. The number of halogens is 1. The third-order valence-corrected chi connectivity index (χ3v) is 4.68. The highest BCUT2D eigenvalue weighted by molar-refractivity contribution is 7.22. The number of hydrogen-bond donors (Lipinski definition) is 1. The molecule has 1 aliphatic rings. The Morgan fingerprint density at radius 1 is 1.18 bits per heavy atom. The van der Waals surface area contributed by atoms with Crippen LogP contribution >= 0.6 is 22.9 Å². The van der Waals surface area contributed by atoms with Crippen molar-refractivity contribution in [2.24, 2.45) is 0 Å². The molecular formula is C13H15ClN2S. The summed E-state index contributed by atoms with van der Waals surface area (Å²) >= 11 is 7.84. The van der Waals surface area contributed by atoms with Crippen molar-refractivity contribution in [1.29, 1.82) is 0 Å². The third-order valence-electron chi connectivity index (χ3n) is 3.28. The Bertz CT molecular complexity index is 470. The first kappa shape index (κ1) is 11.3. The Hall–Kier alpha value is -0.800. The van der Waals surface area contributed by atoms with Gasteiger partial charge in [-0.25, -0.2) is 4.98 Å². The molecule has 0 radical (unpaired) electrons. The molecule has 4 heteroatoms. The van der Waals surface area contributed by atoms with Crippen molar-refractivity contribution in [2.45, 2.75) is 37.1 Å². The van der Waals surface area contributed by atoms with Crippen LogP contribution in [-0.4, -0.2) is 16.4 Å². The van der Waals surface area contributed by atoms with Crippen LogP contribution in [0.25, 0.3) is 10.2 Å². The zero-order valence-corrected chi connectivity index (χ0v) is 11.1. The highest BCUT2D eigenvalue weighted by Gasteiger charge is 2.20. The molecule has 1 saturated carbocycles. The molecule has 1 aromatic heterocycles. The number of nitrogens with zero attached hydrogens (tertiary/aromatic N) is 1. The molecule has 0 amide bonds. The van der Waals surface area contributed by atoms with Gasteiger partial charge in [0, 0.05) is 11.4 Å². The minimum atomic E-state index is 0.378. The summed E-state index contributed by atoms with van der Waals surface area (Å²) in [7, 11) is 0. The topological polar surface area (TPSA) is 24.9 Å².